The Kier molecular flexibility index (Phi) is 6.06. The van der Waals surface area contributed by atoms with Crippen LogP contribution in [-0.4, -0.2) is 61.3 Å². The van der Waals surface area contributed by atoms with E-state index in [4.69, 9.17) is 4.52 Å². The number of likely N-dealkylation sites (tertiary alicyclic amines) is 1. The van der Waals surface area contributed by atoms with Gasteiger partial charge in [-0.05, 0) is 81.1 Å². The molecule has 2 aromatic carbocycles. The third kappa shape index (κ3) is 4.47. The van der Waals surface area contributed by atoms with Gasteiger partial charge in [0, 0.05) is 43.7 Å². The Morgan fingerprint density at radius 3 is 2.76 bits per heavy atom. The highest BCUT2D eigenvalue weighted by Gasteiger charge is 2.27. The van der Waals surface area contributed by atoms with Crippen LogP contribution in [0.15, 0.2) is 40.9 Å². The lowest BCUT2D eigenvalue weighted by Gasteiger charge is -2.31. The number of fused-ring (bicyclic) bond motifs is 2. The highest BCUT2D eigenvalue weighted by atomic mass is 19.1. The van der Waals surface area contributed by atoms with Gasteiger partial charge in [-0.1, -0.05) is 17.3 Å². The summed E-state index contributed by atoms with van der Waals surface area (Å²) < 4.78 is 18.8. The molecule has 1 aromatic heterocycles. The zero-order valence-electron chi connectivity index (χ0n) is 19.4. The lowest BCUT2D eigenvalue weighted by atomic mass is 9.91. The minimum Gasteiger partial charge on any atom is -0.356 e. The van der Waals surface area contributed by atoms with Crippen LogP contribution in [0, 0.1) is 5.82 Å². The lowest BCUT2D eigenvalue weighted by molar-refractivity contribution is 0.207. The van der Waals surface area contributed by atoms with Crippen molar-refractivity contribution in [3.8, 4) is 0 Å². The average Bonchev–Trinajstić information content (AvgIpc) is 3.42. The molecule has 2 amide bonds. The quantitative estimate of drug-likeness (QED) is 0.559. The van der Waals surface area contributed by atoms with Gasteiger partial charge in [0.1, 0.15) is 5.82 Å². The fourth-order valence-electron chi connectivity index (χ4n) is 5.21. The minimum atomic E-state index is -0.289. The lowest BCUT2D eigenvalue weighted by Crippen LogP contribution is -2.38. The number of aromatic nitrogens is 1. The molecule has 2 aliphatic rings. The van der Waals surface area contributed by atoms with Crippen molar-refractivity contribution < 1.29 is 13.7 Å². The van der Waals surface area contributed by atoms with Gasteiger partial charge in [-0.15, -0.1) is 0 Å². The Morgan fingerprint density at radius 1 is 1.15 bits per heavy atom. The van der Waals surface area contributed by atoms with Crippen LogP contribution < -0.4 is 4.90 Å². The zero-order valence-corrected chi connectivity index (χ0v) is 19.4. The maximum atomic E-state index is 13.4. The molecule has 174 valence electrons. The number of aryl methyl sites for hydroxylation is 1. The molecule has 0 bridgehead atoms. The summed E-state index contributed by atoms with van der Waals surface area (Å²) in [5.74, 6) is 0.0836. The first-order valence-corrected chi connectivity index (χ1v) is 11.9. The molecule has 3 aromatic rings. The van der Waals surface area contributed by atoms with Crippen molar-refractivity contribution in [3.05, 3.63) is 59.0 Å². The monoisotopic (exact) mass is 450 g/mol. The Bertz CT molecular complexity index is 1150. The number of anilines is 1. The molecule has 5 rings (SSSR count). The number of carbonyl (C=O) groups is 1. The normalized spacial score (nSPS) is 17.0. The highest BCUT2D eigenvalue weighted by Crippen LogP contribution is 2.33. The highest BCUT2D eigenvalue weighted by molar-refractivity contribution is 5.94. The van der Waals surface area contributed by atoms with Crippen molar-refractivity contribution in [2.75, 3.05) is 45.2 Å². The predicted octanol–water partition coefficient (Wildman–Crippen LogP) is 4.82. The number of hydrogen-bond donors (Lipinski definition) is 0. The van der Waals surface area contributed by atoms with Gasteiger partial charge in [-0.2, -0.15) is 0 Å². The number of amides is 2. The molecule has 0 unspecified atom stereocenters. The molecule has 0 N–H and O–H groups in total. The number of piperidine rings is 1. The van der Waals surface area contributed by atoms with Crippen LogP contribution in [0.4, 0.5) is 14.9 Å². The van der Waals surface area contributed by atoms with E-state index in [0.717, 1.165) is 75.1 Å². The van der Waals surface area contributed by atoms with Crippen LogP contribution in [0.1, 0.15) is 42.0 Å². The molecule has 33 heavy (non-hydrogen) atoms. The van der Waals surface area contributed by atoms with Crippen LogP contribution in [0.3, 0.4) is 0 Å². The number of carbonyl (C=O) groups excluding carboxylic acids is 1. The molecule has 6 nitrogen and oxygen atoms in total. The predicted molar refractivity (Wildman–Crippen MR) is 127 cm³/mol. The van der Waals surface area contributed by atoms with E-state index < -0.39 is 0 Å². The summed E-state index contributed by atoms with van der Waals surface area (Å²) >= 11 is 0. The molecule has 1 saturated heterocycles. The fraction of sp³-hybridized carbons (Fsp3) is 0.462. The number of halogens is 1. The maximum absolute atomic E-state index is 13.4. The topological polar surface area (TPSA) is 52.8 Å². The summed E-state index contributed by atoms with van der Waals surface area (Å²) in [5, 5.41) is 5.20. The molecule has 2 aliphatic heterocycles. The van der Waals surface area contributed by atoms with Gasteiger partial charge in [0.15, 0.2) is 5.58 Å². The summed E-state index contributed by atoms with van der Waals surface area (Å²) in [7, 11) is 3.60. The van der Waals surface area contributed by atoms with Crippen molar-refractivity contribution in [1.82, 2.24) is 15.0 Å². The standard InChI is InChI=1S/C26H31FN4O2/c1-29(2)26(32)31-15-11-20-16-18(5-8-23(20)31)4-3-12-30-13-9-19(10-14-30)25-22-7-6-21(27)17-24(22)33-28-25/h5-8,16-17,19H,3-4,9-15H2,1-2H3. The Hall–Kier alpha value is -2.93. The smallest absolute Gasteiger partial charge is 0.323 e. The fourth-order valence-corrected chi connectivity index (χ4v) is 5.21. The Morgan fingerprint density at radius 2 is 1.97 bits per heavy atom. The number of rotatable bonds is 5. The molecule has 3 heterocycles. The van der Waals surface area contributed by atoms with Crippen molar-refractivity contribution in [1.29, 1.82) is 0 Å². The SMILES string of the molecule is CN(C)C(=O)N1CCc2cc(CCCN3CCC(c4noc5cc(F)ccc45)CC3)ccc21. The third-order valence-corrected chi connectivity index (χ3v) is 7.03. The van der Waals surface area contributed by atoms with E-state index in [0.29, 0.717) is 11.5 Å². The van der Waals surface area contributed by atoms with E-state index in [-0.39, 0.29) is 11.8 Å². The molecule has 0 spiro atoms. The maximum Gasteiger partial charge on any atom is 0.323 e. The van der Waals surface area contributed by atoms with Crippen molar-refractivity contribution in [2.24, 2.45) is 0 Å². The largest absolute Gasteiger partial charge is 0.356 e. The van der Waals surface area contributed by atoms with E-state index in [1.165, 1.54) is 23.3 Å². The Balaban J connectivity index is 1.11. The molecular weight excluding hydrogens is 419 g/mol. The van der Waals surface area contributed by atoms with Crippen LogP contribution >= 0.6 is 0 Å². The van der Waals surface area contributed by atoms with Crippen LogP contribution in [0.2, 0.25) is 0 Å². The van der Waals surface area contributed by atoms with Crippen LogP contribution in [0.5, 0.6) is 0 Å². The molecule has 0 aliphatic carbocycles. The summed E-state index contributed by atoms with van der Waals surface area (Å²) in [6.45, 7) is 3.94. The molecule has 1 fully saturated rings. The van der Waals surface area contributed by atoms with Gasteiger partial charge in [-0.3, -0.25) is 4.90 Å². The van der Waals surface area contributed by atoms with Crippen molar-refractivity contribution in [3.63, 3.8) is 0 Å². The summed E-state index contributed by atoms with van der Waals surface area (Å²) in [5.41, 5.74) is 5.20. The summed E-state index contributed by atoms with van der Waals surface area (Å²) in [6, 6.07) is 11.3. The van der Waals surface area contributed by atoms with Crippen LogP contribution in [-0.2, 0) is 12.8 Å². The minimum absolute atomic E-state index is 0.0516. The summed E-state index contributed by atoms with van der Waals surface area (Å²) in [6.07, 6.45) is 5.20. The first-order valence-electron chi connectivity index (χ1n) is 11.9. The number of benzene rings is 2. The van der Waals surface area contributed by atoms with Gasteiger partial charge in [0.2, 0.25) is 0 Å². The van der Waals surface area contributed by atoms with Gasteiger partial charge in [-0.25, -0.2) is 9.18 Å². The average molecular weight is 451 g/mol. The zero-order chi connectivity index (χ0) is 22.9. The molecule has 0 atom stereocenters. The second-order valence-corrected chi connectivity index (χ2v) is 9.47. The summed E-state index contributed by atoms with van der Waals surface area (Å²) in [4.78, 5) is 18.4. The second-order valence-electron chi connectivity index (χ2n) is 9.47. The first kappa shape index (κ1) is 21.9. The van der Waals surface area contributed by atoms with Crippen molar-refractivity contribution >= 4 is 22.7 Å². The number of hydrogen-bond acceptors (Lipinski definition) is 4. The molecule has 0 saturated carbocycles. The van der Waals surface area contributed by atoms with E-state index in [9.17, 15) is 9.18 Å². The van der Waals surface area contributed by atoms with Gasteiger partial charge in [0.25, 0.3) is 0 Å². The van der Waals surface area contributed by atoms with E-state index in [1.54, 1.807) is 25.1 Å². The van der Waals surface area contributed by atoms with Gasteiger partial charge >= 0.3 is 6.03 Å². The first-order chi connectivity index (χ1) is 16.0. The molecule has 0 radical (unpaired) electrons. The Labute approximate surface area is 193 Å². The van der Waals surface area contributed by atoms with Gasteiger partial charge < -0.3 is 14.3 Å². The molecule has 7 heteroatoms. The molecular formula is C26H31FN4O2. The third-order valence-electron chi connectivity index (χ3n) is 7.03. The van der Waals surface area contributed by atoms with E-state index in [2.05, 4.69) is 28.3 Å². The van der Waals surface area contributed by atoms with Crippen LogP contribution in [0.25, 0.3) is 11.0 Å². The van der Waals surface area contributed by atoms with Crippen molar-refractivity contribution in [2.45, 2.75) is 38.0 Å². The number of urea groups is 1. The number of nitrogens with zero attached hydrogens (tertiary/aromatic N) is 4. The van der Waals surface area contributed by atoms with Gasteiger partial charge in [0.05, 0.1) is 5.69 Å². The second kappa shape index (κ2) is 9.14. The van der Waals surface area contributed by atoms with E-state index in [1.807, 2.05) is 4.90 Å². The van der Waals surface area contributed by atoms with E-state index >= 15 is 0 Å².